The van der Waals surface area contributed by atoms with Crippen LogP contribution in [0.25, 0.3) is 0 Å². The van der Waals surface area contributed by atoms with Gasteiger partial charge >= 0.3 is 46.5 Å². The van der Waals surface area contributed by atoms with Gasteiger partial charge in [0.1, 0.15) is 0 Å². The third-order valence-corrected chi connectivity index (χ3v) is 3.75. The average Bonchev–Trinajstić information content (AvgIpc) is 3.53. The van der Waals surface area contributed by atoms with Crippen LogP contribution in [0.15, 0.2) is 0 Å². The molecule has 40 heavy (non-hydrogen) atoms. The molecule has 1 radical (unpaired) electrons. The van der Waals surface area contributed by atoms with Gasteiger partial charge in [0.05, 0.1) is 24.3 Å². The van der Waals surface area contributed by atoms with Crippen molar-refractivity contribution >= 4 is 7.54 Å². The summed E-state index contributed by atoms with van der Waals surface area (Å²) < 4.78 is 29.0. The molecule has 0 aromatic rings. The smallest absolute Gasteiger partial charge is 1.00 e. The zero-order valence-corrected chi connectivity index (χ0v) is 27.7. The van der Waals surface area contributed by atoms with Gasteiger partial charge in [-0.25, -0.2) is 0 Å². The Morgan fingerprint density at radius 2 is 0.450 bits per heavy atom. The number of halogens is 4. The van der Waals surface area contributed by atoms with Crippen LogP contribution in [0.4, 0.5) is 12.9 Å². The third-order valence-electron chi connectivity index (χ3n) is 3.75. The van der Waals surface area contributed by atoms with Crippen LogP contribution < -0.4 is 4.70 Å². The van der Waals surface area contributed by atoms with Gasteiger partial charge in [0.2, 0.25) is 0 Å². The molecule has 3 aliphatic carbocycles. The summed E-state index contributed by atoms with van der Waals surface area (Å²) in [5.41, 5.74) is 0. The number of rotatable bonds is 0. The maximum Gasteiger partial charge on any atom is 2.00 e. The van der Waals surface area contributed by atoms with Crippen molar-refractivity contribution in [3.8, 4) is 24.3 Å². The van der Waals surface area contributed by atoms with Crippen molar-refractivity contribution < 1.29 is 56.6 Å². The molecule has 0 N–H and O–H groups in total. The van der Waals surface area contributed by atoms with Crippen LogP contribution in [0.3, 0.4) is 0 Å². The molecule has 3 fully saturated rings. The van der Waals surface area contributed by atoms with E-state index in [9.17, 15) is 12.9 Å². The van der Waals surface area contributed by atoms with E-state index in [0.717, 1.165) is 0 Å². The molecular formula is C29H63BF4N4Ru2-. The van der Waals surface area contributed by atoms with Crippen molar-refractivity contribution in [3.63, 3.8) is 0 Å². The Morgan fingerprint density at radius 1 is 0.425 bits per heavy atom. The quantitative estimate of drug-likeness (QED) is 0.140. The molecule has 3 rings (SSSR count). The third kappa shape index (κ3) is 245. The van der Waals surface area contributed by atoms with Gasteiger partial charge in [0.25, 0.3) is 0 Å². The molecule has 3 saturated carbocycles. The van der Waals surface area contributed by atoms with Crippen molar-refractivity contribution in [2.75, 3.05) is 0 Å². The van der Waals surface area contributed by atoms with Crippen molar-refractivity contribution in [1.82, 2.24) is 0 Å². The predicted octanol–water partition coefficient (Wildman–Crippen LogP) is 9.11. The van der Waals surface area contributed by atoms with Gasteiger partial charge in [0.15, 0.2) is 0 Å². The molecule has 0 heterocycles. The molecule has 0 spiro atoms. The van der Waals surface area contributed by atoms with Crippen LogP contribution in [0.2, 0.25) is 0 Å². The Hall–Kier alpha value is -1.01. The van der Waals surface area contributed by atoms with Gasteiger partial charge in [-0.2, -0.15) is 21.0 Å². The molecule has 0 aliphatic heterocycles. The van der Waals surface area contributed by atoms with Crippen molar-refractivity contribution in [2.24, 2.45) is 0 Å². The van der Waals surface area contributed by atoms with Crippen molar-refractivity contribution in [1.29, 1.82) is 21.0 Å². The molecule has 11 heteroatoms. The van der Waals surface area contributed by atoms with E-state index in [-0.39, 0.29) is 88.2 Å². The fraction of sp³-hybridized carbons (Fsp3) is 0.759. The molecule has 0 atom stereocenters. The molecule has 0 bridgehead atoms. The second-order valence-corrected chi connectivity index (χ2v) is 6.45. The molecule has 0 unspecified atom stereocenters. The molecule has 4 nitrogen and oxygen atoms in total. The van der Waals surface area contributed by atoms with Crippen LogP contribution >= 0.6 is 0 Å². The van der Waals surface area contributed by atoms with Crippen molar-refractivity contribution in [2.45, 2.75) is 146 Å². The standard InChI is InChI=1S/3C5H10.4C2H3N.3CH4.3CH3.BF3.FH.2Ru/c3*1-2-4-5-3-1;4*1-2-3;;;;;;;2-1(3)4;;;/h3*1-5H2;4*1H3;3*1H4;3*1H3;;1H;;/q;;;;;;;;;;3*-1;;;+1;+2/p-1. The average molecular weight is 757 g/mol. The van der Waals surface area contributed by atoms with Crippen LogP contribution in [0.5, 0.6) is 0 Å². The maximum absolute atomic E-state index is 9.67. The minimum absolute atomic E-state index is 0. The Balaban J connectivity index is -0.0000000158. The normalized spacial score (nSPS) is 10.5. The van der Waals surface area contributed by atoms with E-state index in [0.29, 0.717) is 0 Å². The molecule has 247 valence electrons. The molecule has 3 aliphatic rings. The van der Waals surface area contributed by atoms with E-state index in [1.54, 1.807) is 24.3 Å². The first-order valence-corrected chi connectivity index (χ1v) is 11.0. The number of nitriles is 4. The zero-order chi connectivity index (χ0) is 25.0. The van der Waals surface area contributed by atoms with E-state index in [1.807, 2.05) is 0 Å². The second-order valence-electron chi connectivity index (χ2n) is 6.45. The summed E-state index contributed by atoms with van der Waals surface area (Å²) in [5, 5.41) is 29.3. The first-order chi connectivity index (χ1) is 14.9. The number of hydrogen-bond acceptors (Lipinski definition) is 4. The minimum Gasteiger partial charge on any atom is -1.00 e. The van der Waals surface area contributed by atoms with Gasteiger partial charge < -0.3 is 27.0 Å². The first kappa shape index (κ1) is 90.1. The Labute approximate surface area is 277 Å². The molecule has 0 aromatic carbocycles. The molecule has 0 amide bonds. The zero-order valence-electron chi connectivity index (χ0n) is 24.2. The SMILES string of the molecule is C.C.C.C1CCCC1.C1CCCC1.C1CCCC1.CC#N.CC#N.CC#N.CC#N.FB(F)F.[CH3-].[CH3-].[CH3-].[F-].[Ru+2].[Ru+]. The van der Waals surface area contributed by atoms with Crippen LogP contribution in [-0.4, -0.2) is 7.54 Å². The van der Waals surface area contributed by atoms with Crippen molar-refractivity contribution in [3.05, 3.63) is 22.3 Å². The van der Waals surface area contributed by atoms with Crippen LogP contribution in [0, 0.1) is 67.6 Å². The van der Waals surface area contributed by atoms with E-state index in [4.69, 9.17) is 21.0 Å². The molecule has 0 saturated heterocycles. The fourth-order valence-corrected chi connectivity index (χ4v) is 2.65. The fourth-order valence-electron chi connectivity index (χ4n) is 2.65. The summed E-state index contributed by atoms with van der Waals surface area (Å²) in [6.45, 7) is 5.72. The van der Waals surface area contributed by atoms with Crippen LogP contribution in [-0.2, 0) is 39.0 Å². The summed E-state index contributed by atoms with van der Waals surface area (Å²) >= 11 is 0. The molecular weight excluding hydrogens is 693 g/mol. The Kier molecular flexibility index (Phi) is 266. The largest absolute Gasteiger partial charge is 2.00 e. The van der Waals surface area contributed by atoms with Gasteiger partial charge in [-0.3, -0.25) is 12.9 Å². The summed E-state index contributed by atoms with van der Waals surface area (Å²) in [6.07, 6.45) is 22.5. The van der Waals surface area contributed by atoms with Gasteiger partial charge in [0, 0.05) is 27.7 Å². The second kappa shape index (κ2) is 118. The van der Waals surface area contributed by atoms with Crippen LogP contribution in [0.1, 0.15) is 146 Å². The summed E-state index contributed by atoms with van der Waals surface area (Å²) in [4.78, 5) is 0. The maximum atomic E-state index is 9.67. The number of nitrogens with zero attached hydrogens (tertiary/aromatic N) is 4. The predicted molar refractivity (Wildman–Crippen MR) is 163 cm³/mol. The van der Waals surface area contributed by atoms with Gasteiger partial charge in [-0.1, -0.05) is 119 Å². The Morgan fingerprint density at radius 3 is 0.475 bits per heavy atom. The van der Waals surface area contributed by atoms with E-state index >= 15 is 0 Å². The van der Waals surface area contributed by atoms with E-state index in [2.05, 4.69) is 0 Å². The van der Waals surface area contributed by atoms with Gasteiger partial charge in [-0.15, -0.1) is 0 Å². The summed E-state index contributed by atoms with van der Waals surface area (Å²) in [7, 11) is -3.67. The van der Waals surface area contributed by atoms with E-state index in [1.165, 1.54) is 124 Å². The monoisotopic (exact) mass is 758 g/mol. The summed E-state index contributed by atoms with van der Waals surface area (Å²) in [6, 6.07) is 7.00. The summed E-state index contributed by atoms with van der Waals surface area (Å²) in [5.74, 6) is 0. The van der Waals surface area contributed by atoms with Gasteiger partial charge in [-0.05, 0) is 0 Å². The minimum atomic E-state index is -3.67. The van der Waals surface area contributed by atoms with E-state index < -0.39 is 7.54 Å². The first-order valence-electron chi connectivity index (χ1n) is 11.0. The number of hydrogen-bond donors (Lipinski definition) is 0. The topological polar surface area (TPSA) is 95.2 Å². The molecule has 0 aromatic heterocycles. The Bertz CT molecular complexity index is 358.